The number of aliphatic hydroxyl groups is 1. The number of aryl methyl sites for hydroxylation is 1. The summed E-state index contributed by atoms with van der Waals surface area (Å²) in [5.41, 5.74) is 0. The number of halogens is 1. The van der Waals surface area contributed by atoms with Crippen molar-refractivity contribution in [2.24, 2.45) is 0 Å². The first-order valence-corrected chi connectivity index (χ1v) is 7.13. The minimum Gasteiger partial charge on any atom is -0.491 e. The van der Waals surface area contributed by atoms with Crippen molar-refractivity contribution in [1.82, 2.24) is 9.55 Å². The highest BCUT2D eigenvalue weighted by molar-refractivity contribution is 6.30. The third-order valence-electron chi connectivity index (χ3n) is 2.94. The summed E-state index contributed by atoms with van der Waals surface area (Å²) in [6.07, 6.45) is 4.65. The average molecular weight is 295 g/mol. The van der Waals surface area contributed by atoms with Gasteiger partial charge in [0.25, 0.3) is 0 Å². The van der Waals surface area contributed by atoms with Crippen LogP contribution in [0.15, 0.2) is 36.7 Å². The zero-order chi connectivity index (χ0) is 14.4. The maximum absolute atomic E-state index is 10.0. The van der Waals surface area contributed by atoms with Crippen molar-refractivity contribution in [3.05, 3.63) is 47.5 Å². The molecular formula is C15H19ClN2O2. The summed E-state index contributed by atoms with van der Waals surface area (Å²) in [4.78, 5) is 4.27. The van der Waals surface area contributed by atoms with Gasteiger partial charge in [0, 0.05) is 30.4 Å². The van der Waals surface area contributed by atoms with E-state index in [1.165, 1.54) is 0 Å². The normalized spacial score (nSPS) is 12.3. The summed E-state index contributed by atoms with van der Waals surface area (Å²) in [5, 5.41) is 10.7. The van der Waals surface area contributed by atoms with Crippen LogP contribution >= 0.6 is 11.6 Å². The Morgan fingerprint density at radius 3 is 2.80 bits per heavy atom. The minimum absolute atomic E-state index is 0.237. The molecule has 1 aromatic carbocycles. The minimum atomic E-state index is -0.580. The van der Waals surface area contributed by atoms with Crippen molar-refractivity contribution in [2.45, 2.75) is 32.4 Å². The van der Waals surface area contributed by atoms with Gasteiger partial charge in [-0.05, 0) is 30.7 Å². The van der Waals surface area contributed by atoms with Crippen LogP contribution in [0.5, 0.6) is 5.75 Å². The molecule has 0 fully saturated rings. The van der Waals surface area contributed by atoms with Gasteiger partial charge >= 0.3 is 0 Å². The molecule has 0 saturated heterocycles. The molecule has 1 aromatic heterocycles. The smallest absolute Gasteiger partial charge is 0.119 e. The number of hydrogen-bond donors (Lipinski definition) is 1. The Morgan fingerprint density at radius 1 is 1.35 bits per heavy atom. The van der Waals surface area contributed by atoms with Crippen LogP contribution in [0.1, 0.15) is 19.2 Å². The topological polar surface area (TPSA) is 47.3 Å². The second kappa shape index (κ2) is 7.31. The van der Waals surface area contributed by atoms with E-state index < -0.39 is 6.10 Å². The quantitative estimate of drug-likeness (QED) is 0.854. The maximum atomic E-state index is 10.0. The summed E-state index contributed by atoms with van der Waals surface area (Å²) < 4.78 is 7.59. The van der Waals surface area contributed by atoms with Crippen molar-refractivity contribution >= 4 is 11.6 Å². The average Bonchev–Trinajstić information content (AvgIpc) is 2.86. The van der Waals surface area contributed by atoms with Crippen molar-refractivity contribution in [1.29, 1.82) is 0 Å². The molecule has 2 aromatic rings. The number of benzene rings is 1. The molecule has 2 rings (SSSR count). The van der Waals surface area contributed by atoms with E-state index in [9.17, 15) is 5.11 Å². The monoisotopic (exact) mass is 294 g/mol. The molecule has 1 unspecified atom stereocenters. The summed E-state index contributed by atoms with van der Waals surface area (Å²) in [6, 6.07) is 7.09. The molecule has 1 N–H and O–H groups in total. The molecule has 0 bridgehead atoms. The van der Waals surface area contributed by atoms with Crippen molar-refractivity contribution < 1.29 is 9.84 Å². The van der Waals surface area contributed by atoms with E-state index in [0.29, 0.717) is 17.2 Å². The van der Waals surface area contributed by atoms with Crippen LogP contribution in [0.2, 0.25) is 5.02 Å². The molecule has 0 aliphatic carbocycles. The lowest BCUT2D eigenvalue weighted by Crippen LogP contribution is -2.22. The number of nitrogens with zero attached hydrogens (tertiary/aromatic N) is 2. The molecule has 5 heteroatoms. The standard InChI is InChI=1S/C15H19ClN2O2/c1-2-8-18-9-7-17-15(18)10-13(19)11-20-14-5-3-12(16)4-6-14/h3-7,9,13,19H,2,8,10-11H2,1H3. The molecule has 0 aliphatic rings. The van der Waals surface area contributed by atoms with Crippen LogP contribution in [0.4, 0.5) is 0 Å². The van der Waals surface area contributed by atoms with E-state index in [4.69, 9.17) is 16.3 Å². The molecule has 4 nitrogen and oxygen atoms in total. The Balaban J connectivity index is 1.84. The van der Waals surface area contributed by atoms with Crippen LogP contribution in [-0.4, -0.2) is 27.4 Å². The molecule has 20 heavy (non-hydrogen) atoms. The lowest BCUT2D eigenvalue weighted by Gasteiger charge is -2.13. The molecule has 0 spiro atoms. The summed E-state index contributed by atoms with van der Waals surface area (Å²) in [5.74, 6) is 1.59. The molecule has 0 amide bonds. The van der Waals surface area contributed by atoms with E-state index in [1.54, 1.807) is 30.5 Å². The van der Waals surface area contributed by atoms with Crippen molar-refractivity contribution in [3.8, 4) is 5.75 Å². The second-order valence-electron chi connectivity index (χ2n) is 4.66. The van der Waals surface area contributed by atoms with Crippen molar-refractivity contribution in [2.75, 3.05) is 6.61 Å². The number of hydrogen-bond acceptors (Lipinski definition) is 3. The molecular weight excluding hydrogens is 276 g/mol. The van der Waals surface area contributed by atoms with E-state index in [-0.39, 0.29) is 6.61 Å². The first-order chi connectivity index (χ1) is 9.69. The van der Waals surface area contributed by atoms with Gasteiger partial charge in [0.1, 0.15) is 18.2 Å². The highest BCUT2D eigenvalue weighted by atomic mass is 35.5. The lowest BCUT2D eigenvalue weighted by atomic mass is 10.2. The van der Waals surface area contributed by atoms with Crippen LogP contribution in [0.25, 0.3) is 0 Å². The van der Waals surface area contributed by atoms with Gasteiger partial charge in [-0.15, -0.1) is 0 Å². The Bertz CT molecular complexity index is 525. The first-order valence-electron chi connectivity index (χ1n) is 6.75. The van der Waals surface area contributed by atoms with E-state index in [1.807, 2.05) is 6.20 Å². The predicted octanol–water partition coefficient (Wildman–Crippen LogP) is 2.93. The zero-order valence-corrected chi connectivity index (χ0v) is 12.3. The molecule has 0 saturated carbocycles. The molecule has 1 heterocycles. The van der Waals surface area contributed by atoms with E-state index in [2.05, 4.69) is 16.5 Å². The largest absolute Gasteiger partial charge is 0.491 e. The highest BCUT2D eigenvalue weighted by Crippen LogP contribution is 2.16. The fourth-order valence-corrected chi connectivity index (χ4v) is 2.09. The Labute approximate surface area is 124 Å². The van der Waals surface area contributed by atoms with Gasteiger partial charge in [-0.3, -0.25) is 0 Å². The Morgan fingerprint density at radius 2 is 2.10 bits per heavy atom. The lowest BCUT2D eigenvalue weighted by molar-refractivity contribution is 0.105. The van der Waals surface area contributed by atoms with Crippen molar-refractivity contribution in [3.63, 3.8) is 0 Å². The number of imidazole rings is 1. The molecule has 1 atom stereocenters. The fraction of sp³-hybridized carbons (Fsp3) is 0.400. The number of rotatable bonds is 7. The van der Waals surface area contributed by atoms with Gasteiger partial charge in [0.05, 0.1) is 6.10 Å². The molecule has 108 valence electrons. The van der Waals surface area contributed by atoms with Gasteiger partial charge in [-0.2, -0.15) is 0 Å². The van der Waals surface area contributed by atoms with Gasteiger partial charge in [-0.1, -0.05) is 18.5 Å². The van der Waals surface area contributed by atoms with E-state index in [0.717, 1.165) is 18.8 Å². The van der Waals surface area contributed by atoms with Gasteiger partial charge in [0.2, 0.25) is 0 Å². The second-order valence-corrected chi connectivity index (χ2v) is 5.10. The van der Waals surface area contributed by atoms with Crippen LogP contribution in [0, 0.1) is 0 Å². The number of ether oxygens (including phenoxy) is 1. The Kier molecular flexibility index (Phi) is 5.44. The Hall–Kier alpha value is -1.52. The fourth-order valence-electron chi connectivity index (χ4n) is 1.97. The third kappa shape index (κ3) is 4.25. The number of aromatic nitrogens is 2. The number of aliphatic hydroxyl groups excluding tert-OH is 1. The maximum Gasteiger partial charge on any atom is 0.119 e. The summed E-state index contributed by atoms with van der Waals surface area (Å²) in [7, 11) is 0. The zero-order valence-electron chi connectivity index (χ0n) is 11.5. The molecule has 0 radical (unpaired) electrons. The van der Waals surface area contributed by atoms with Crippen LogP contribution < -0.4 is 4.74 Å². The predicted molar refractivity (Wildman–Crippen MR) is 79.2 cm³/mol. The summed E-state index contributed by atoms with van der Waals surface area (Å²) >= 11 is 5.80. The first kappa shape index (κ1) is 14.9. The molecule has 0 aliphatic heterocycles. The highest BCUT2D eigenvalue weighted by Gasteiger charge is 2.11. The van der Waals surface area contributed by atoms with Gasteiger partial charge < -0.3 is 14.4 Å². The van der Waals surface area contributed by atoms with Gasteiger partial charge in [0.15, 0.2) is 0 Å². The van der Waals surface area contributed by atoms with Crippen LogP contribution in [-0.2, 0) is 13.0 Å². The van der Waals surface area contributed by atoms with Gasteiger partial charge in [-0.25, -0.2) is 4.98 Å². The van der Waals surface area contributed by atoms with E-state index >= 15 is 0 Å². The summed E-state index contributed by atoms with van der Waals surface area (Å²) in [6.45, 7) is 3.27. The van der Waals surface area contributed by atoms with Crippen LogP contribution in [0.3, 0.4) is 0 Å². The third-order valence-corrected chi connectivity index (χ3v) is 3.19. The SMILES string of the molecule is CCCn1ccnc1CC(O)COc1ccc(Cl)cc1.